The van der Waals surface area contributed by atoms with E-state index in [9.17, 15) is 14.7 Å². The van der Waals surface area contributed by atoms with Crippen LogP contribution in [0.5, 0.6) is 0 Å². The van der Waals surface area contributed by atoms with Crippen LogP contribution in [0.1, 0.15) is 43.2 Å². The molecule has 2 aromatic rings. The standard InChI is InChI=1S/C22H23N3O4/c1-22(20(26)27,12-6-7-13-24-25-23)21(28)29-14-19-17-10-4-2-8-15(17)16-9-3-5-11-18(16)19/h2-5,8-11,19H,6-7,12-14H2,1H3,(H,26,27)/t22-/m1/s1. The minimum atomic E-state index is -1.63. The van der Waals surface area contributed by atoms with E-state index in [0.717, 1.165) is 22.3 Å². The van der Waals surface area contributed by atoms with Crippen molar-refractivity contribution in [2.75, 3.05) is 13.2 Å². The van der Waals surface area contributed by atoms with E-state index in [4.69, 9.17) is 10.3 Å². The molecule has 0 radical (unpaired) electrons. The minimum absolute atomic E-state index is 0.0917. The summed E-state index contributed by atoms with van der Waals surface area (Å²) in [6.07, 6.45) is 1.09. The SMILES string of the molecule is C[C@@](CCCCN=[N+]=[N-])(C(=O)O)C(=O)OCC1c2ccccc2-c2ccccc21. The highest BCUT2D eigenvalue weighted by Crippen LogP contribution is 2.44. The first kappa shape index (κ1) is 20.4. The Morgan fingerprint density at radius 3 is 2.24 bits per heavy atom. The molecule has 7 heteroatoms. The van der Waals surface area contributed by atoms with Gasteiger partial charge in [0.05, 0.1) is 0 Å². The molecule has 150 valence electrons. The van der Waals surface area contributed by atoms with Gasteiger partial charge in [-0.2, -0.15) is 0 Å². The van der Waals surface area contributed by atoms with Crippen LogP contribution in [0.4, 0.5) is 0 Å². The molecule has 0 aliphatic heterocycles. The number of unbranched alkanes of at least 4 members (excludes halogenated alkanes) is 1. The molecule has 29 heavy (non-hydrogen) atoms. The lowest BCUT2D eigenvalue weighted by Crippen LogP contribution is -2.38. The van der Waals surface area contributed by atoms with Crippen LogP contribution >= 0.6 is 0 Å². The molecule has 0 unspecified atom stereocenters. The summed E-state index contributed by atoms with van der Waals surface area (Å²) in [6, 6.07) is 16.0. The van der Waals surface area contributed by atoms with E-state index in [2.05, 4.69) is 10.0 Å². The first-order chi connectivity index (χ1) is 14.0. The van der Waals surface area contributed by atoms with E-state index in [1.54, 1.807) is 0 Å². The maximum Gasteiger partial charge on any atom is 0.323 e. The number of hydrogen-bond acceptors (Lipinski definition) is 4. The van der Waals surface area contributed by atoms with Gasteiger partial charge < -0.3 is 9.84 Å². The van der Waals surface area contributed by atoms with Gasteiger partial charge in [0, 0.05) is 17.4 Å². The monoisotopic (exact) mass is 393 g/mol. The predicted molar refractivity (Wildman–Crippen MR) is 108 cm³/mol. The minimum Gasteiger partial charge on any atom is -0.480 e. The van der Waals surface area contributed by atoms with Crippen molar-refractivity contribution >= 4 is 11.9 Å². The molecule has 0 bridgehead atoms. The lowest BCUT2D eigenvalue weighted by atomic mass is 9.85. The van der Waals surface area contributed by atoms with Crippen molar-refractivity contribution in [2.24, 2.45) is 10.5 Å². The Kier molecular flexibility index (Phi) is 6.20. The van der Waals surface area contributed by atoms with Crippen molar-refractivity contribution in [1.29, 1.82) is 0 Å². The number of carboxylic acid groups (broad SMARTS) is 1. The number of nitrogens with zero attached hydrogens (tertiary/aromatic N) is 3. The first-order valence-corrected chi connectivity index (χ1v) is 9.58. The molecule has 0 amide bonds. The number of carbonyl (C=O) groups excluding carboxylic acids is 1. The fourth-order valence-corrected chi connectivity index (χ4v) is 3.76. The Bertz CT molecular complexity index is 923. The van der Waals surface area contributed by atoms with Crippen molar-refractivity contribution in [3.05, 3.63) is 70.1 Å². The summed E-state index contributed by atoms with van der Waals surface area (Å²) in [5.74, 6) is -2.07. The van der Waals surface area contributed by atoms with Gasteiger partial charge in [0.2, 0.25) is 0 Å². The number of esters is 1. The Hall–Kier alpha value is -3.31. The second-order valence-corrected chi connectivity index (χ2v) is 7.37. The third-order valence-electron chi connectivity index (χ3n) is 5.51. The molecule has 0 saturated heterocycles. The Balaban J connectivity index is 1.72. The second-order valence-electron chi connectivity index (χ2n) is 7.37. The van der Waals surface area contributed by atoms with E-state index < -0.39 is 17.4 Å². The fourth-order valence-electron chi connectivity index (χ4n) is 3.76. The van der Waals surface area contributed by atoms with Gasteiger partial charge in [-0.3, -0.25) is 9.59 Å². The van der Waals surface area contributed by atoms with Crippen LogP contribution in [0.25, 0.3) is 21.6 Å². The molecule has 0 aromatic heterocycles. The van der Waals surface area contributed by atoms with Gasteiger partial charge in [-0.1, -0.05) is 60.1 Å². The maximum absolute atomic E-state index is 12.7. The summed E-state index contributed by atoms with van der Waals surface area (Å²) in [5.41, 5.74) is 11.1. The number of carbonyl (C=O) groups is 2. The van der Waals surface area contributed by atoms with E-state index in [1.165, 1.54) is 6.92 Å². The van der Waals surface area contributed by atoms with Crippen LogP contribution in [-0.2, 0) is 14.3 Å². The Morgan fingerprint density at radius 2 is 1.69 bits per heavy atom. The van der Waals surface area contributed by atoms with Crippen molar-refractivity contribution in [3.8, 4) is 11.1 Å². The van der Waals surface area contributed by atoms with Crippen molar-refractivity contribution in [3.63, 3.8) is 0 Å². The number of rotatable bonds is 9. The van der Waals surface area contributed by atoms with Gasteiger partial charge >= 0.3 is 11.9 Å². The lowest BCUT2D eigenvalue weighted by molar-refractivity contribution is -0.168. The summed E-state index contributed by atoms with van der Waals surface area (Å²) >= 11 is 0. The topological polar surface area (TPSA) is 112 Å². The molecule has 3 rings (SSSR count). The van der Waals surface area contributed by atoms with Gasteiger partial charge in [-0.15, -0.1) is 0 Å². The largest absolute Gasteiger partial charge is 0.480 e. The zero-order chi connectivity index (χ0) is 20.9. The number of benzene rings is 2. The average Bonchev–Trinajstić information content (AvgIpc) is 3.05. The molecular weight excluding hydrogens is 370 g/mol. The number of ether oxygens (including phenoxy) is 1. The lowest BCUT2D eigenvalue weighted by Gasteiger charge is -2.24. The number of azide groups is 1. The van der Waals surface area contributed by atoms with E-state index in [-0.39, 0.29) is 25.5 Å². The molecule has 0 fully saturated rings. The molecule has 1 aliphatic carbocycles. The van der Waals surface area contributed by atoms with Crippen LogP contribution in [0, 0.1) is 5.41 Å². The highest BCUT2D eigenvalue weighted by atomic mass is 16.5. The van der Waals surface area contributed by atoms with Gasteiger partial charge in [-0.05, 0) is 47.6 Å². The molecule has 0 heterocycles. The highest BCUT2D eigenvalue weighted by molar-refractivity contribution is 5.98. The van der Waals surface area contributed by atoms with Gasteiger partial charge in [-0.25, -0.2) is 0 Å². The van der Waals surface area contributed by atoms with Crippen LogP contribution in [0.3, 0.4) is 0 Å². The Morgan fingerprint density at radius 1 is 1.10 bits per heavy atom. The zero-order valence-corrected chi connectivity index (χ0v) is 16.2. The second kappa shape index (κ2) is 8.80. The quantitative estimate of drug-likeness (QED) is 0.163. The Labute approximate surface area is 168 Å². The maximum atomic E-state index is 12.7. The zero-order valence-electron chi connectivity index (χ0n) is 16.2. The molecule has 0 saturated carbocycles. The number of carboxylic acids is 1. The molecule has 0 spiro atoms. The average molecular weight is 393 g/mol. The highest BCUT2D eigenvalue weighted by Gasteiger charge is 2.43. The molecule has 7 nitrogen and oxygen atoms in total. The number of hydrogen-bond donors (Lipinski definition) is 1. The third-order valence-corrected chi connectivity index (χ3v) is 5.51. The molecule has 1 N–H and O–H groups in total. The predicted octanol–water partition coefficient (Wildman–Crippen LogP) is 4.91. The van der Waals surface area contributed by atoms with Crippen LogP contribution < -0.4 is 0 Å². The van der Waals surface area contributed by atoms with Crippen LogP contribution in [0.2, 0.25) is 0 Å². The van der Waals surface area contributed by atoms with E-state index in [1.807, 2.05) is 48.5 Å². The van der Waals surface area contributed by atoms with Crippen LogP contribution in [-0.4, -0.2) is 30.2 Å². The summed E-state index contributed by atoms with van der Waals surface area (Å²) in [4.78, 5) is 27.2. The number of fused-ring (bicyclic) bond motifs is 3. The van der Waals surface area contributed by atoms with E-state index in [0.29, 0.717) is 12.8 Å². The first-order valence-electron chi connectivity index (χ1n) is 9.58. The summed E-state index contributed by atoms with van der Waals surface area (Å²) in [5, 5.41) is 13.1. The van der Waals surface area contributed by atoms with Gasteiger partial charge in [0.1, 0.15) is 6.61 Å². The molecule has 1 aliphatic rings. The van der Waals surface area contributed by atoms with Crippen molar-refractivity contribution in [1.82, 2.24) is 0 Å². The van der Waals surface area contributed by atoms with Crippen LogP contribution in [0.15, 0.2) is 53.6 Å². The summed E-state index contributed by atoms with van der Waals surface area (Å²) in [7, 11) is 0. The third kappa shape index (κ3) is 4.10. The molecule has 2 aromatic carbocycles. The fraction of sp³-hybridized carbons (Fsp3) is 0.364. The van der Waals surface area contributed by atoms with E-state index >= 15 is 0 Å². The molecule has 1 atom stereocenters. The van der Waals surface area contributed by atoms with Crippen molar-refractivity contribution < 1.29 is 19.4 Å². The summed E-state index contributed by atoms with van der Waals surface area (Å²) in [6.45, 7) is 1.76. The van der Waals surface area contributed by atoms with Gasteiger partial charge in [0.15, 0.2) is 5.41 Å². The molecular formula is C22H23N3O4. The van der Waals surface area contributed by atoms with Crippen molar-refractivity contribution in [2.45, 2.75) is 32.1 Å². The number of aliphatic carboxylic acids is 1. The summed E-state index contributed by atoms with van der Waals surface area (Å²) < 4.78 is 5.54. The normalized spacial score (nSPS) is 14.2. The smallest absolute Gasteiger partial charge is 0.323 e. The van der Waals surface area contributed by atoms with Gasteiger partial charge in [0.25, 0.3) is 0 Å².